The highest BCUT2D eigenvalue weighted by molar-refractivity contribution is 7.17. The van der Waals surface area contributed by atoms with Gasteiger partial charge in [-0.1, -0.05) is 12.8 Å². The summed E-state index contributed by atoms with van der Waals surface area (Å²) in [7, 11) is 0. The van der Waals surface area contributed by atoms with E-state index in [1.54, 1.807) is 13.0 Å². The van der Waals surface area contributed by atoms with Gasteiger partial charge in [0.05, 0.1) is 11.2 Å². The van der Waals surface area contributed by atoms with Gasteiger partial charge in [0, 0.05) is 25.4 Å². The molecule has 1 aliphatic heterocycles. The molecule has 0 aromatic carbocycles. The maximum atomic E-state index is 13.1. The number of thiophene rings is 1. The summed E-state index contributed by atoms with van der Waals surface area (Å²) >= 11 is 1.34. The molecule has 2 aliphatic rings. The predicted octanol–water partition coefficient (Wildman–Crippen LogP) is 3.88. The Labute approximate surface area is 174 Å². The summed E-state index contributed by atoms with van der Waals surface area (Å²) in [5.41, 5.74) is 2.06. The van der Waals surface area contributed by atoms with Crippen LogP contribution in [0.15, 0.2) is 32.6 Å². The zero-order chi connectivity index (χ0) is 20.6. The first-order valence-corrected chi connectivity index (χ1v) is 11.0. The van der Waals surface area contributed by atoms with Gasteiger partial charge in [0.25, 0.3) is 11.5 Å². The fourth-order valence-corrected chi connectivity index (χ4v) is 5.38. The van der Waals surface area contributed by atoms with Gasteiger partial charge >= 0.3 is 0 Å². The number of hydrogen-bond acceptors (Lipinski definition) is 6. The van der Waals surface area contributed by atoms with E-state index in [-0.39, 0.29) is 17.4 Å². The zero-order valence-electron chi connectivity index (χ0n) is 17.0. The highest BCUT2D eigenvalue weighted by Gasteiger charge is 2.38. The number of fused-ring (bicyclic) bond motifs is 1. The van der Waals surface area contributed by atoms with Gasteiger partial charge in [0.1, 0.15) is 4.70 Å². The van der Waals surface area contributed by atoms with Gasteiger partial charge in [0.15, 0.2) is 0 Å². The number of carbonyl (C=O) groups is 1. The van der Waals surface area contributed by atoms with Crippen molar-refractivity contribution in [3.8, 4) is 0 Å². The molecule has 0 bridgehead atoms. The lowest BCUT2D eigenvalue weighted by Crippen LogP contribution is -2.43. The molecule has 1 N–H and O–H groups in total. The first-order valence-electron chi connectivity index (χ1n) is 10.2. The molecule has 2 aromatic heterocycles. The van der Waals surface area contributed by atoms with Crippen molar-refractivity contribution in [2.24, 2.45) is 10.5 Å². The highest BCUT2D eigenvalue weighted by atomic mass is 32.1. The summed E-state index contributed by atoms with van der Waals surface area (Å²) in [5, 5.41) is 7.29. The lowest BCUT2D eigenvalue weighted by molar-refractivity contribution is -0.129. The number of nitrogens with one attached hydrogen (secondary N) is 1. The number of aromatic nitrogens is 2. The highest BCUT2D eigenvalue weighted by Crippen LogP contribution is 2.46. The first kappa shape index (κ1) is 19.8. The number of amides is 1. The van der Waals surface area contributed by atoms with E-state index in [4.69, 9.17) is 0 Å². The molecule has 0 atom stereocenters. The van der Waals surface area contributed by atoms with Crippen LogP contribution >= 0.6 is 11.3 Å². The molecule has 7 nitrogen and oxygen atoms in total. The van der Waals surface area contributed by atoms with Crippen molar-refractivity contribution in [1.82, 2.24) is 14.9 Å². The van der Waals surface area contributed by atoms with E-state index in [0.717, 1.165) is 25.9 Å². The van der Waals surface area contributed by atoms with E-state index in [1.807, 2.05) is 17.2 Å². The second kappa shape index (κ2) is 7.74. The Bertz CT molecular complexity index is 1020. The van der Waals surface area contributed by atoms with Crippen molar-refractivity contribution in [1.29, 1.82) is 0 Å². The van der Waals surface area contributed by atoms with Crippen molar-refractivity contribution in [2.45, 2.75) is 52.4 Å². The van der Waals surface area contributed by atoms with Crippen LogP contribution in [0.4, 0.5) is 5.95 Å². The van der Waals surface area contributed by atoms with Crippen LogP contribution in [0, 0.1) is 5.41 Å². The topological polar surface area (TPSA) is 81.7 Å². The van der Waals surface area contributed by atoms with Gasteiger partial charge in [-0.2, -0.15) is 5.10 Å². The molecule has 29 heavy (non-hydrogen) atoms. The van der Waals surface area contributed by atoms with Crippen molar-refractivity contribution in [3.05, 3.63) is 33.1 Å². The molecular weight excluding hydrogens is 386 g/mol. The largest absolute Gasteiger partial charge is 0.339 e. The summed E-state index contributed by atoms with van der Waals surface area (Å²) in [6.45, 7) is 8.84. The fourth-order valence-electron chi connectivity index (χ4n) is 4.65. The smallest absolute Gasteiger partial charge is 0.270 e. The number of carbonyl (C=O) groups excluding carboxylic acids is 1. The zero-order valence-corrected chi connectivity index (χ0v) is 17.8. The fraction of sp³-hybridized carbons (Fsp3) is 0.524. The van der Waals surface area contributed by atoms with E-state index >= 15 is 0 Å². The number of likely N-dealkylation sites (tertiary alicyclic amines) is 1. The minimum Gasteiger partial charge on any atom is -0.339 e. The molecule has 1 amide bonds. The van der Waals surface area contributed by atoms with Gasteiger partial charge in [-0.05, 0) is 56.4 Å². The third-order valence-electron chi connectivity index (χ3n) is 6.60. The molecule has 1 aliphatic carbocycles. The third kappa shape index (κ3) is 3.61. The van der Waals surface area contributed by atoms with E-state index in [1.165, 1.54) is 42.0 Å². The molecule has 4 rings (SSSR count). The van der Waals surface area contributed by atoms with E-state index in [2.05, 4.69) is 21.8 Å². The SMILES string of the molecule is C=NN(/C(C)=C(\C)C(=O)N1CCC2(CCCC2)CC1)c1nc2ccsc2c(=O)[nH]1. The molecule has 1 spiro atoms. The molecule has 8 heteroatoms. The summed E-state index contributed by atoms with van der Waals surface area (Å²) in [4.78, 5) is 34.6. The average Bonchev–Trinajstić information content (AvgIpc) is 3.38. The normalized spacial score (nSPS) is 19.4. The van der Waals surface area contributed by atoms with Gasteiger partial charge < -0.3 is 4.90 Å². The third-order valence-corrected chi connectivity index (χ3v) is 7.50. The van der Waals surface area contributed by atoms with Crippen molar-refractivity contribution in [3.63, 3.8) is 0 Å². The molecule has 1 saturated heterocycles. The van der Waals surface area contributed by atoms with E-state index in [9.17, 15) is 9.59 Å². The summed E-state index contributed by atoms with van der Waals surface area (Å²) in [6, 6.07) is 1.80. The van der Waals surface area contributed by atoms with Gasteiger partial charge in [0.2, 0.25) is 5.95 Å². The standard InChI is InChI=1S/C21H27N5O2S/c1-14(19(28)25-11-9-21(10-12-25)7-4-5-8-21)15(2)26(22-3)20-23-16-6-13-29-17(16)18(27)24-20/h6,13H,3-5,7-12H2,1-2H3,(H,23,24,27)/b15-14+. The summed E-state index contributed by atoms with van der Waals surface area (Å²) in [5.74, 6) is 0.284. The van der Waals surface area contributed by atoms with E-state index < -0.39 is 0 Å². The number of hydrazone groups is 1. The maximum Gasteiger partial charge on any atom is 0.270 e. The quantitative estimate of drug-likeness (QED) is 0.468. The van der Waals surface area contributed by atoms with Crippen LogP contribution in [0.1, 0.15) is 52.4 Å². The summed E-state index contributed by atoms with van der Waals surface area (Å²) in [6.07, 6.45) is 7.45. The lowest BCUT2D eigenvalue weighted by atomic mass is 9.77. The molecule has 154 valence electrons. The van der Waals surface area contributed by atoms with Crippen molar-refractivity contribution in [2.75, 3.05) is 18.1 Å². The van der Waals surface area contributed by atoms with Crippen LogP contribution in [-0.4, -0.2) is 40.6 Å². The van der Waals surface area contributed by atoms with Crippen LogP contribution in [0.5, 0.6) is 0 Å². The first-order chi connectivity index (χ1) is 13.9. The van der Waals surface area contributed by atoms with E-state index in [0.29, 0.717) is 26.9 Å². The molecule has 0 radical (unpaired) electrons. The number of H-pyrrole nitrogens is 1. The molecule has 3 heterocycles. The Morgan fingerprint density at radius 2 is 1.97 bits per heavy atom. The second-order valence-corrected chi connectivity index (χ2v) is 9.10. The van der Waals surface area contributed by atoms with Gasteiger partial charge in [-0.25, -0.2) is 9.99 Å². The Morgan fingerprint density at radius 3 is 2.62 bits per heavy atom. The predicted molar refractivity (Wildman–Crippen MR) is 117 cm³/mol. The lowest BCUT2D eigenvalue weighted by Gasteiger charge is -2.39. The van der Waals surface area contributed by atoms with Crippen LogP contribution in [0.3, 0.4) is 0 Å². The monoisotopic (exact) mass is 413 g/mol. The number of nitrogens with zero attached hydrogens (tertiary/aromatic N) is 4. The number of rotatable bonds is 4. The van der Waals surface area contributed by atoms with Crippen molar-refractivity contribution < 1.29 is 4.79 Å². The van der Waals surface area contributed by atoms with Crippen LogP contribution in [-0.2, 0) is 4.79 Å². The van der Waals surface area contributed by atoms with Crippen LogP contribution in [0.25, 0.3) is 10.2 Å². The minimum absolute atomic E-state index is 0.0166. The maximum absolute atomic E-state index is 13.1. The van der Waals surface area contributed by atoms with Crippen molar-refractivity contribution >= 4 is 40.1 Å². The number of piperidine rings is 1. The Morgan fingerprint density at radius 1 is 1.28 bits per heavy atom. The Hall–Kier alpha value is -2.48. The molecule has 1 saturated carbocycles. The molecular formula is C21H27N5O2S. The number of allylic oxidation sites excluding steroid dienone is 1. The Balaban J connectivity index is 1.56. The molecule has 0 unspecified atom stereocenters. The average molecular weight is 414 g/mol. The number of hydrogen-bond donors (Lipinski definition) is 1. The van der Waals surface area contributed by atoms with Crippen LogP contribution < -0.4 is 10.6 Å². The number of aromatic amines is 1. The van der Waals surface area contributed by atoms with Gasteiger partial charge in [-0.3, -0.25) is 14.6 Å². The Kier molecular flexibility index (Phi) is 5.29. The van der Waals surface area contributed by atoms with Crippen LogP contribution in [0.2, 0.25) is 0 Å². The number of anilines is 1. The summed E-state index contributed by atoms with van der Waals surface area (Å²) < 4.78 is 0.571. The molecule has 2 fully saturated rings. The van der Waals surface area contributed by atoms with Gasteiger partial charge in [-0.15, -0.1) is 11.3 Å². The second-order valence-electron chi connectivity index (χ2n) is 8.19. The molecule has 2 aromatic rings. The minimum atomic E-state index is -0.219.